The molecular weight excluding hydrogens is 312 g/mol. The monoisotopic (exact) mass is 326 g/mol. The molecule has 0 saturated heterocycles. The zero-order valence-electron chi connectivity index (χ0n) is 10.5. The molecule has 0 spiro atoms. The van der Waals surface area contributed by atoms with Crippen LogP contribution in [0.4, 0.5) is 10.5 Å². The summed E-state index contributed by atoms with van der Waals surface area (Å²) in [4.78, 5) is 24.5. The molecule has 1 aromatic rings. The fourth-order valence-corrected chi connectivity index (χ4v) is 2.37. The number of carbonyl (C=O) groups is 2. The Morgan fingerprint density at radius 3 is 2.58 bits per heavy atom. The van der Waals surface area contributed by atoms with Crippen LogP contribution in [0.2, 0.25) is 0 Å². The van der Waals surface area contributed by atoms with E-state index >= 15 is 0 Å². The molecule has 1 saturated carbocycles. The fraction of sp³-hybridized carbons (Fsp3) is 0.385. The summed E-state index contributed by atoms with van der Waals surface area (Å²) in [7, 11) is 1.78. The number of halogens is 1. The van der Waals surface area contributed by atoms with Gasteiger partial charge >= 0.3 is 12.0 Å². The molecule has 5 nitrogen and oxygen atoms in total. The molecule has 0 unspecified atom stereocenters. The Hall–Kier alpha value is -1.56. The van der Waals surface area contributed by atoms with Crippen LogP contribution in [-0.4, -0.2) is 35.1 Å². The fourth-order valence-electron chi connectivity index (χ4n) is 1.89. The van der Waals surface area contributed by atoms with E-state index in [-0.39, 0.29) is 11.6 Å². The standard InChI is InChI=1S/C13H15BrN2O3/c1-16(9-3-2-4-9)13(19)15-11-6-5-8(12(17)18)7-10(11)14/h5-7,9H,2-4H2,1H3,(H,15,19)(H,17,18). The number of benzene rings is 1. The van der Waals surface area contributed by atoms with Crippen molar-refractivity contribution in [2.24, 2.45) is 0 Å². The van der Waals surface area contributed by atoms with Gasteiger partial charge in [0.15, 0.2) is 0 Å². The van der Waals surface area contributed by atoms with Gasteiger partial charge in [0, 0.05) is 17.6 Å². The van der Waals surface area contributed by atoms with E-state index in [1.807, 2.05) is 0 Å². The predicted octanol–water partition coefficient (Wildman–Crippen LogP) is 3.16. The molecule has 0 heterocycles. The Kier molecular flexibility index (Phi) is 4.09. The average molecular weight is 327 g/mol. The second-order valence-corrected chi connectivity index (χ2v) is 5.48. The Labute approximate surface area is 119 Å². The SMILES string of the molecule is CN(C(=O)Nc1ccc(C(=O)O)cc1Br)C1CCC1. The van der Waals surface area contributed by atoms with Crippen LogP contribution in [0.1, 0.15) is 29.6 Å². The average Bonchev–Trinajstić information content (AvgIpc) is 2.29. The zero-order chi connectivity index (χ0) is 14.0. The van der Waals surface area contributed by atoms with Gasteiger partial charge in [0.1, 0.15) is 0 Å². The molecule has 0 aromatic heterocycles. The van der Waals surface area contributed by atoms with Gasteiger partial charge in [0.25, 0.3) is 0 Å². The third-order valence-corrected chi connectivity index (χ3v) is 4.06. The number of hydrogen-bond acceptors (Lipinski definition) is 2. The van der Waals surface area contributed by atoms with E-state index in [1.165, 1.54) is 18.6 Å². The van der Waals surface area contributed by atoms with E-state index in [0.29, 0.717) is 16.2 Å². The number of aromatic carboxylic acids is 1. The number of carbonyl (C=O) groups excluding carboxylic acids is 1. The van der Waals surface area contributed by atoms with Crippen LogP contribution in [0.25, 0.3) is 0 Å². The lowest BCUT2D eigenvalue weighted by molar-refractivity contribution is 0.0697. The minimum absolute atomic E-state index is 0.173. The number of amides is 2. The van der Waals surface area contributed by atoms with Crippen LogP contribution in [0.15, 0.2) is 22.7 Å². The molecule has 102 valence electrons. The van der Waals surface area contributed by atoms with Gasteiger partial charge in [0.05, 0.1) is 11.3 Å². The van der Waals surface area contributed by atoms with E-state index in [2.05, 4.69) is 21.2 Å². The third-order valence-electron chi connectivity index (χ3n) is 3.40. The number of anilines is 1. The lowest BCUT2D eigenvalue weighted by atomic mass is 9.92. The molecule has 1 fully saturated rings. The topological polar surface area (TPSA) is 69.6 Å². The summed E-state index contributed by atoms with van der Waals surface area (Å²) in [5, 5.41) is 11.6. The zero-order valence-corrected chi connectivity index (χ0v) is 12.1. The number of urea groups is 1. The van der Waals surface area contributed by atoms with E-state index < -0.39 is 5.97 Å². The van der Waals surface area contributed by atoms with Gasteiger partial charge in [0.2, 0.25) is 0 Å². The van der Waals surface area contributed by atoms with Gasteiger partial charge < -0.3 is 15.3 Å². The van der Waals surface area contributed by atoms with Gasteiger partial charge in [-0.2, -0.15) is 0 Å². The highest BCUT2D eigenvalue weighted by molar-refractivity contribution is 9.10. The molecule has 0 radical (unpaired) electrons. The molecule has 1 aliphatic rings. The van der Waals surface area contributed by atoms with Crippen LogP contribution in [-0.2, 0) is 0 Å². The quantitative estimate of drug-likeness (QED) is 0.896. The van der Waals surface area contributed by atoms with Gasteiger partial charge in [-0.3, -0.25) is 0 Å². The van der Waals surface area contributed by atoms with Crippen molar-refractivity contribution >= 4 is 33.6 Å². The van der Waals surface area contributed by atoms with Crippen molar-refractivity contribution in [1.29, 1.82) is 0 Å². The molecule has 6 heteroatoms. The number of nitrogens with zero attached hydrogens (tertiary/aromatic N) is 1. The molecule has 0 aliphatic heterocycles. The number of nitrogens with one attached hydrogen (secondary N) is 1. The maximum absolute atomic E-state index is 12.0. The Bertz CT molecular complexity index is 515. The van der Waals surface area contributed by atoms with Crippen molar-refractivity contribution in [3.63, 3.8) is 0 Å². The van der Waals surface area contributed by atoms with E-state index in [4.69, 9.17) is 5.11 Å². The highest BCUT2D eigenvalue weighted by Gasteiger charge is 2.25. The maximum Gasteiger partial charge on any atom is 0.335 e. The van der Waals surface area contributed by atoms with E-state index in [0.717, 1.165) is 12.8 Å². The first-order chi connectivity index (χ1) is 8.99. The minimum Gasteiger partial charge on any atom is -0.478 e. The lowest BCUT2D eigenvalue weighted by Gasteiger charge is -2.34. The Balaban J connectivity index is 2.06. The van der Waals surface area contributed by atoms with E-state index in [9.17, 15) is 9.59 Å². The van der Waals surface area contributed by atoms with Crippen LogP contribution < -0.4 is 5.32 Å². The second-order valence-electron chi connectivity index (χ2n) is 4.63. The van der Waals surface area contributed by atoms with Gasteiger partial charge in [-0.25, -0.2) is 9.59 Å². The number of rotatable bonds is 3. The largest absolute Gasteiger partial charge is 0.478 e. The van der Waals surface area contributed by atoms with Crippen LogP contribution in [0.5, 0.6) is 0 Å². The molecule has 19 heavy (non-hydrogen) atoms. The molecule has 2 amide bonds. The second kappa shape index (κ2) is 5.61. The maximum atomic E-state index is 12.0. The van der Waals surface area contributed by atoms with Gasteiger partial charge in [-0.05, 0) is 53.4 Å². The van der Waals surface area contributed by atoms with E-state index in [1.54, 1.807) is 18.0 Å². The number of carboxylic acid groups (broad SMARTS) is 1. The highest BCUT2D eigenvalue weighted by atomic mass is 79.9. The van der Waals surface area contributed by atoms with Crippen LogP contribution >= 0.6 is 15.9 Å². The molecule has 0 atom stereocenters. The summed E-state index contributed by atoms with van der Waals surface area (Å²) in [6.45, 7) is 0. The number of hydrogen-bond donors (Lipinski definition) is 2. The van der Waals surface area contributed by atoms with Gasteiger partial charge in [-0.15, -0.1) is 0 Å². The van der Waals surface area contributed by atoms with Crippen LogP contribution in [0.3, 0.4) is 0 Å². The van der Waals surface area contributed by atoms with Crippen molar-refractivity contribution in [2.45, 2.75) is 25.3 Å². The molecular formula is C13H15BrN2O3. The molecule has 1 aromatic carbocycles. The molecule has 0 bridgehead atoms. The minimum atomic E-state index is -0.995. The summed E-state index contributed by atoms with van der Waals surface area (Å²) < 4.78 is 0.558. The third kappa shape index (κ3) is 3.07. The summed E-state index contributed by atoms with van der Waals surface area (Å²) in [5.74, 6) is -0.995. The van der Waals surface area contributed by atoms with Gasteiger partial charge in [-0.1, -0.05) is 0 Å². The van der Waals surface area contributed by atoms with Crippen LogP contribution in [0, 0.1) is 0 Å². The van der Waals surface area contributed by atoms with Crippen molar-refractivity contribution in [1.82, 2.24) is 4.90 Å². The Morgan fingerprint density at radius 2 is 2.11 bits per heavy atom. The Morgan fingerprint density at radius 1 is 1.42 bits per heavy atom. The predicted molar refractivity (Wildman–Crippen MR) is 75.5 cm³/mol. The first-order valence-electron chi connectivity index (χ1n) is 6.05. The smallest absolute Gasteiger partial charge is 0.335 e. The molecule has 2 N–H and O–H groups in total. The first kappa shape index (κ1) is 13.9. The highest BCUT2D eigenvalue weighted by Crippen LogP contribution is 2.26. The molecule has 1 aliphatic carbocycles. The van der Waals surface area contributed by atoms with Crippen molar-refractivity contribution < 1.29 is 14.7 Å². The normalized spacial score (nSPS) is 14.6. The summed E-state index contributed by atoms with van der Waals surface area (Å²) in [6, 6.07) is 4.67. The van der Waals surface area contributed by atoms with Crippen molar-refractivity contribution in [3.8, 4) is 0 Å². The molecule has 2 rings (SSSR count). The number of carboxylic acids is 1. The summed E-state index contributed by atoms with van der Waals surface area (Å²) in [5.41, 5.74) is 0.749. The summed E-state index contributed by atoms with van der Waals surface area (Å²) in [6.07, 6.45) is 3.26. The van der Waals surface area contributed by atoms with Crippen molar-refractivity contribution in [3.05, 3.63) is 28.2 Å². The summed E-state index contributed by atoms with van der Waals surface area (Å²) >= 11 is 3.26. The lowest BCUT2D eigenvalue weighted by Crippen LogP contribution is -2.43. The van der Waals surface area contributed by atoms with Crippen molar-refractivity contribution in [2.75, 3.05) is 12.4 Å². The first-order valence-corrected chi connectivity index (χ1v) is 6.85.